The first kappa shape index (κ1) is 11.2. The topological polar surface area (TPSA) is 0 Å². The van der Waals surface area contributed by atoms with Crippen molar-refractivity contribution >= 4 is 38.9 Å². The fourth-order valence-electron chi connectivity index (χ4n) is 1.50. The number of benzene rings is 1. The summed E-state index contributed by atoms with van der Waals surface area (Å²) in [5.74, 6) is 0. The van der Waals surface area contributed by atoms with Gasteiger partial charge in [0.05, 0.1) is 5.38 Å². The van der Waals surface area contributed by atoms with Gasteiger partial charge in [-0.1, -0.05) is 24.3 Å². The molecule has 0 aliphatic heterocycles. The number of hydrogen-bond donors (Lipinski definition) is 0. The van der Waals surface area contributed by atoms with Gasteiger partial charge in [-0.15, -0.1) is 22.9 Å². The lowest BCUT2D eigenvalue weighted by atomic mass is 10.0. The highest BCUT2D eigenvalue weighted by Gasteiger charge is 2.16. The van der Waals surface area contributed by atoms with Crippen molar-refractivity contribution in [2.75, 3.05) is 0 Å². The summed E-state index contributed by atoms with van der Waals surface area (Å²) in [5.41, 5.74) is 2.42. The normalized spacial score (nSPS) is 12.7. The molecule has 1 aromatic carbocycles. The van der Waals surface area contributed by atoms with Gasteiger partial charge in [-0.2, -0.15) is 0 Å². The second-order valence-corrected chi connectivity index (χ2v) is 5.59. The van der Waals surface area contributed by atoms with Crippen LogP contribution in [0, 0.1) is 6.92 Å². The zero-order chi connectivity index (χ0) is 10.8. The number of aryl methyl sites for hydroxylation is 1. The average molecular weight is 302 g/mol. The standard InChI is InChI=1S/C12H10BrClS/c1-8-4-2-3-5-9(8)11(14)12-10(13)6-7-15-12/h2-7,11H,1H3. The zero-order valence-electron chi connectivity index (χ0n) is 8.21. The van der Waals surface area contributed by atoms with Crippen LogP contribution in [0.1, 0.15) is 21.4 Å². The van der Waals surface area contributed by atoms with Gasteiger partial charge in [0.2, 0.25) is 0 Å². The van der Waals surface area contributed by atoms with Gasteiger partial charge in [0.1, 0.15) is 0 Å². The van der Waals surface area contributed by atoms with Crippen molar-refractivity contribution in [2.45, 2.75) is 12.3 Å². The fourth-order valence-corrected chi connectivity index (χ4v) is 3.74. The lowest BCUT2D eigenvalue weighted by molar-refractivity contribution is 1.14. The van der Waals surface area contributed by atoms with E-state index in [0.29, 0.717) is 0 Å². The Morgan fingerprint density at radius 3 is 2.60 bits per heavy atom. The van der Waals surface area contributed by atoms with E-state index in [1.165, 1.54) is 16.0 Å². The molecule has 0 amide bonds. The molecule has 1 atom stereocenters. The van der Waals surface area contributed by atoms with Gasteiger partial charge < -0.3 is 0 Å². The summed E-state index contributed by atoms with van der Waals surface area (Å²) in [6.45, 7) is 2.09. The second-order valence-electron chi connectivity index (χ2n) is 3.35. The Balaban J connectivity index is 2.41. The number of thiophene rings is 1. The number of alkyl halides is 1. The van der Waals surface area contributed by atoms with Crippen LogP contribution in [-0.4, -0.2) is 0 Å². The summed E-state index contributed by atoms with van der Waals surface area (Å²) < 4.78 is 1.09. The Kier molecular flexibility index (Phi) is 3.49. The lowest BCUT2D eigenvalue weighted by Crippen LogP contribution is -1.93. The molecule has 3 heteroatoms. The largest absolute Gasteiger partial charge is 0.146 e. The van der Waals surface area contributed by atoms with Gasteiger partial charge in [0, 0.05) is 9.35 Å². The highest BCUT2D eigenvalue weighted by Crippen LogP contribution is 2.38. The maximum absolute atomic E-state index is 6.46. The molecule has 2 rings (SSSR count). The summed E-state index contributed by atoms with van der Waals surface area (Å²) in [6.07, 6.45) is 0. The molecule has 0 spiro atoms. The Hall–Kier alpha value is -0.310. The van der Waals surface area contributed by atoms with Crippen molar-refractivity contribution < 1.29 is 0 Å². The smallest absolute Gasteiger partial charge is 0.0941 e. The van der Waals surface area contributed by atoms with Crippen LogP contribution in [0.3, 0.4) is 0 Å². The van der Waals surface area contributed by atoms with E-state index in [1.807, 2.05) is 23.6 Å². The van der Waals surface area contributed by atoms with Crippen LogP contribution >= 0.6 is 38.9 Å². The average Bonchev–Trinajstić information content (AvgIpc) is 2.64. The Morgan fingerprint density at radius 2 is 2.00 bits per heavy atom. The quantitative estimate of drug-likeness (QED) is 0.673. The molecule has 0 N–H and O–H groups in total. The minimum absolute atomic E-state index is 0.0550. The molecule has 0 saturated heterocycles. The van der Waals surface area contributed by atoms with Gasteiger partial charge in [0.25, 0.3) is 0 Å². The van der Waals surface area contributed by atoms with Crippen molar-refractivity contribution in [1.82, 2.24) is 0 Å². The molecule has 1 heterocycles. The summed E-state index contributed by atoms with van der Waals surface area (Å²) in [5, 5.41) is 1.99. The first-order chi connectivity index (χ1) is 7.20. The number of halogens is 2. The molecule has 0 radical (unpaired) electrons. The summed E-state index contributed by atoms with van der Waals surface area (Å²) in [6, 6.07) is 10.3. The van der Waals surface area contributed by atoms with E-state index in [4.69, 9.17) is 11.6 Å². The Morgan fingerprint density at radius 1 is 1.27 bits per heavy atom. The van der Waals surface area contributed by atoms with E-state index in [2.05, 4.69) is 35.0 Å². The first-order valence-corrected chi connectivity index (χ1v) is 6.73. The van der Waals surface area contributed by atoms with E-state index < -0.39 is 0 Å². The molecular formula is C12H10BrClS. The van der Waals surface area contributed by atoms with Gasteiger partial charge in [-0.3, -0.25) is 0 Å². The zero-order valence-corrected chi connectivity index (χ0v) is 11.4. The van der Waals surface area contributed by atoms with Crippen molar-refractivity contribution in [3.63, 3.8) is 0 Å². The Labute approximate surface area is 107 Å². The van der Waals surface area contributed by atoms with Crippen molar-refractivity contribution in [1.29, 1.82) is 0 Å². The molecule has 0 saturated carbocycles. The van der Waals surface area contributed by atoms with E-state index in [1.54, 1.807) is 11.3 Å². The predicted octanol–water partition coefficient (Wildman–Crippen LogP) is 5.15. The molecule has 0 aliphatic carbocycles. The molecule has 0 bridgehead atoms. The van der Waals surface area contributed by atoms with Crippen LogP contribution in [0.4, 0.5) is 0 Å². The molecule has 2 aromatic rings. The van der Waals surface area contributed by atoms with Crippen molar-refractivity contribution in [3.8, 4) is 0 Å². The van der Waals surface area contributed by atoms with E-state index in [9.17, 15) is 0 Å². The molecule has 1 aromatic heterocycles. The van der Waals surface area contributed by atoms with E-state index in [0.717, 1.165) is 4.47 Å². The van der Waals surface area contributed by atoms with Crippen LogP contribution in [0.2, 0.25) is 0 Å². The monoisotopic (exact) mass is 300 g/mol. The van der Waals surface area contributed by atoms with Gasteiger partial charge >= 0.3 is 0 Å². The van der Waals surface area contributed by atoms with Crippen molar-refractivity contribution in [2.24, 2.45) is 0 Å². The first-order valence-electron chi connectivity index (χ1n) is 4.62. The summed E-state index contributed by atoms with van der Waals surface area (Å²) in [4.78, 5) is 1.17. The third-order valence-electron chi connectivity index (χ3n) is 2.34. The minimum Gasteiger partial charge on any atom is -0.146 e. The third kappa shape index (κ3) is 2.27. The highest BCUT2D eigenvalue weighted by atomic mass is 79.9. The Bertz CT molecular complexity index is 464. The number of hydrogen-bond acceptors (Lipinski definition) is 1. The molecule has 15 heavy (non-hydrogen) atoms. The highest BCUT2D eigenvalue weighted by molar-refractivity contribution is 9.10. The summed E-state index contributed by atoms with van der Waals surface area (Å²) >= 11 is 11.7. The van der Waals surface area contributed by atoms with E-state index in [-0.39, 0.29) is 5.38 Å². The maximum atomic E-state index is 6.46. The minimum atomic E-state index is -0.0550. The molecule has 0 aliphatic rings. The van der Waals surface area contributed by atoms with Crippen molar-refractivity contribution in [3.05, 3.63) is 56.2 Å². The number of rotatable bonds is 2. The molecular weight excluding hydrogens is 292 g/mol. The van der Waals surface area contributed by atoms with Crippen LogP contribution in [0.5, 0.6) is 0 Å². The SMILES string of the molecule is Cc1ccccc1C(Cl)c1sccc1Br. The second kappa shape index (κ2) is 4.69. The molecule has 1 unspecified atom stereocenters. The summed E-state index contributed by atoms with van der Waals surface area (Å²) in [7, 11) is 0. The van der Waals surface area contributed by atoms with E-state index >= 15 is 0 Å². The third-order valence-corrected chi connectivity index (χ3v) is 4.85. The van der Waals surface area contributed by atoms with Crippen LogP contribution in [-0.2, 0) is 0 Å². The lowest BCUT2D eigenvalue weighted by Gasteiger charge is -2.11. The van der Waals surface area contributed by atoms with Crippen LogP contribution < -0.4 is 0 Å². The van der Waals surface area contributed by atoms with Crippen LogP contribution in [0.15, 0.2) is 40.2 Å². The van der Waals surface area contributed by atoms with Crippen LogP contribution in [0.25, 0.3) is 0 Å². The predicted molar refractivity (Wildman–Crippen MR) is 70.9 cm³/mol. The molecule has 0 fully saturated rings. The van der Waals surface area contributed by atoms with Gasteiger partial charge in [-0.25, -0.2) is 0 Å². The molecule has 0 nitrogen and oxygen atoms in total. The fraction of sp³-hybridized carbons (Fsp3) is 0.167. The maximum Gasteiger partial charge on any atom is 0.0941 e. The van der Waals surface area contributed by atoms with Gasteiger partial charge in [-0.05, 0) is 45.4 Å². The molecule has 78 valence electrons. The van der Waals surface area contributed by atoms with Gasteiger partial charge in [0.15, 0.2) is 0 Å².